The van der Waals surface area contributed by atoms with Crippen LogP contribution in [0.2, 0.25) is 0 Å². The molecule has 2 N–H and O–H groups in total. The Morgan fingerprint density at radius 1 is 1.10 bits per heavy atom. The van der Waals surface area contributed by atoms with Gasteiger partial charge in [-0.2, -0.15) is 0 Å². The Labute approximate surface area is 166 Å². The molecule has 2 aromatic carbocycles. The Morgan fingerprint density at radius 3 is 2.52 bits per heavy atom. The molecule has 8 nitrogen and oxygen atoms in total. The van der Waals surface area contributed by atoms with Gasteiger partial charge in [0, 0.05) is 24.6 Å². The van der Waals surface area contributed by atoms with Gasteiger partial charge in [0.05, 0.1) is 11.9 Å². The molecule has 4 rings (SSSR count). The molecule has 0 aliphatic heterocycles. The van der Waals surface area contributed by atoms with Crippen LogP contribution in [-0.4, -0.2) is 37.7 Å². The third kappa shape index (κ3) is 4.16. The van der Waals surface area contributed by atoms with E-state index in [1.165, 1.54) is 4.68 Å². The van der Waals surface area contributed by atoms with Crippen molar-refractivity contribution in [3.8, 4) is 0 Å². The van der Waals surface area contributed by atoms with Gasteiger partial charge in [-0.1, -0.05) is 29.5 Å². The molecule has 8 heteroatoms. The van der Waals surface area contributed by atoms with Crippen molar-refractivity contribution in [3.05, 3.63) is 70.0 Å². The van der Waals surface area contributed by atoms with Crippen LogP contribution in [0.4, 0.5) is 0 Å². The maximum absolute atomic E-state index is 12.8. The molecule has 0 radical (unpaired) electrons. The number of nitrogens with zero attached hydrogens (tertiary/aromatic N) is 4. The second-order valence-electron chi connectivity index (χ2n) is 7.20. The van der Waals surface area contributed by atoms with Gasteiger partial charge >= 0.3 is 0 Å². The lowest BCUT2D eigenvalue weighted by atomic mass is 10.1. The number of carbonyl (C=O) groups is 2. The van der Waals surface area contributed by atoms with Crippen LogP contribution in [-0.2, 0) is 17.9 Å². The number of hydrogen-bond acceptors (Lipinski definition) is 5. The van der Waals surface area contributed by atoms with Gasteiger partial charge in [-0.25, -0.2) is 4.68 Å². The first-order valence-corrected chi connectivity index (χ1v) is 9.53. The molecule has 1 fully saturated rings. The number of fused-ring (bicyclic) bond motifs is 1. The Balaban J connectivity index is 1.45. The summed E-state index contributed by atoms with van der Waals surface area (Å²) in [7, 11) is 0. The number of aromatic nitrogens is 3. The molecule has 0 saturated heterocycles. The van der Waals surface area contributed by atoms with Crippen LogP contribution in [0.15, 0.2) is 53.3 Å². The Morgan fingerprint density at radius 2 is 1.83 bits per heavy atom. The van der Waals surface area contributed by atoms with Crippen molar-refractivity contribution in [2.75, 3.05) is 0 Å². The van der Waals surface area contributed by atoms with E-state index in [0.717, 1.165) is 18.4 Å². The second kappa shape index (κ2) is 7.83. The van der Waals surface area contributed by atoms with Crippen molar-refractivity contribution < 1.29 is 9.59 Å². The van der Waals surface area contributed by atoms with Crippen LogP contribution in [0.3, 0.4) is 0 Å². The van der Waals surface area contributed by atoms with Crippen LogP contribution in [0, 0.1) is 0 Å². The number of hydrogen-bond donors (Lipinski definition) is 1. The predicted octanol–water partition coefficient (Wildman–Crippen LogP) is 1.47. The predicted molar refractivity (Wildman–Crippen MR) is 107 cm³/mol. The van der Waals surface area contributed by atoms with Crippen LogP contribution in [0.1, 0.15) is 35.2 Å². The molecule has 0 bridgehead atoms. The van der Waals surface area contributed by atoms with Gasteiger partial charge in [0.25, 0.3) is 5.56 Å². The molecule has 1 aliphatic rings. The maximum atomic E-state index is 12.8. The zero-order chi connectivity index (χ0) is 20.4. The quantitative estimate of drug-likeness (QED) is 0.656. The third-order valence-electron chi connectivity index (χ3n) is 5.07. The van der Waals surface area contributed by atoms with E-state index in [1.54, 1.807) is 36.4 Å². The van der Waals surface area contributed by atoms with Gasteiger partial charge in [-0.15, -0.1) is 5.10 Å². The molecule has 1 saturated carbocycles. The van der Waals surface area contributed by atoms with Crippen LogP contribution in [0.25, 0.3) is 10.9 Å². The largest absolute Gasteiger partial charge is 0.366 e. The summed E-state index contributed by atoms with van der Waals surface area (Å²) in [5.41, 5.74) is 6.93. The van der Waals surface area contributed by atoms with Crippen LogP contribution in [0.5, 0.6) is 0 Å². The number of benzene rings is 2. The van der Waals surface area contributed by atoms with Gasteiger partial charge in [-0.05, 0) is 42.7 Å². The lowest BCUT2D eigenvalue weighted by Crippen LogP contribution is -2.34. The summed E-state index contributed by atoms with van der Waals surface area (Å²) < 4.78 is 1.24. The summed E-state index contributed by atoms with van der Waals surface area (Å²) in [6.45, 7) is 0.639. The van der Waals surface area contributed by atoms with Crippen molar-refractivity contribution >= 4 is 22.7 Å². The van der Waals surface area contributed by atoms with Gasteiger partial charge in [-0.3, -0.25) is 14.4 Å². The fourth-order valence-corrected chi connectivity index (χ4v) is 3.29. The Kier molecular flexibility index (Phi) is 5.07. The molecule has 0 unspecified atom stereocenters. The molecule has 0 spiro atoms. The highest BCUT2D eigenvalue weighted by molar-refractivity contribution is 5.92. The molecular weight excluding hydrogens is 370 g/mol. The van der Waals surface area contributed by atoms with Crippen molar-refractivity contribution in [1.82, 2.24) is 19.9 Å². The smallest absolute Gasteiger partial charge is 0.277 e. The van der Waals surface area contributed by atoms with Crippen molar-refractivity contribution in [2.45, 2.75) is 38.4 Å². The lowest BCUT2D eigenvalue weighted by molar-refractivity contribution is -0.132. The van der Waals surface area contributed by atoms with Crippen LogP contribution >= 0.6 is 0 Å². The standard InChI is InChI=1S/C21H21N5O3/c22-20(28)15-7-5-14(6-8-15)13-25(16-9-10-16)19(27)11-12-26-21(29)17-3-1-2-4-18(17)23-24-26/h1-8,16H,9-13H2,(H2,22,28). The SMILES string of the molecule is NC(=O)c1ccc(CN(C(=O)CCn2nnc3ccccc3c2=O)C2CC2)cc1. The third-order valence-corrected chi connectivity index (χ3v) is 5.07. The molecule has 1 aliphatic carbocycles. The minimum Gasteiger partial charge on any atom is -0.366 e. The summed E-state index contributed by atoms with van der Waals surface area (Å²) in [5.74, 6) is -0.512. The van der Waals surface area contributed by atoms with E-state index in [4.69, 9.17) is 5.73 Å². The van der Waals surface area contributed by atoms with Crippen molar-refractivity contribution in [3.63, 3.8) is 0 Å². The molecule has 3 aromatic rings. The van der Waals surface area contributed by atoms with E-state index in [0.29, 0.717) is 23.0 Å². The zero-order valence-corrected chi connectivity index (χ0v) is 15.8. The maximum Gasteiger partial charge on any atom is 0.277 e. The van der Waals surface area contributed by atoms with E-state index in [2.05, 4.69) is 10.3 Å². The molecule has 0 atom stereocenters. The van der Waals surface area contributed by atoms with Gasteiger partial charge in [0.15, 0.2) is 0 Å². The fourth-order valence-electron chi connectivity index (χ4n) is 3.29. The average Bonchev–Trinajstić information content (AvgIpc) is 3.57. The van der Waals surface area contributed by atoms with E-state index < -0.39 is 5.91 Å². The summed E-state index contributed by atoms with van der Waals surface area (Å²) in [6.07, 6.45) is 2.12. The molecule has 29 heavy (non-hydrogen) atoms. The van der Waals surface area contributed by atoms with E-state index in [1.807, 2.05) is 17.0 Å². The fraction of sp³-hybridized carbons (Fsp3) is 0.286. The minimum absolute atomic E-state index is 0.0339. The number of amides is 2. The monoisotopic (exact) mass is 391 g/mol. The highest BCUT2D eigenvalue weighted by atomic mass is 16.2. The van der Waals surface area contributed by atoms with E-state index in [-0.39, 0.29) is 30.5 Å². The zero-order valence-electron chi connectivity index (χ0n) is 15.8. The van der Waals surface area contributed by atoms with Gasteiger partial charge in [0.1, 0.15) is 5.52 Å². The van der Waals surface area contributed by atoms with Crippen molar-refractivity contribution in [2.24, 2.45) is 5.73 Å². The summed E-state index contributed by atoms with van der Waals surface area (Å²) >= 11 is 0. The molecule has 1 aromatic heterocycles. The highest BCUT2D eigenvalue weighted by Crippen LogP contribution is 2.29. The van der Waals surface area contributed by atoms with Gasteiger partial charge in [0.2, 0.25) is 11.8 Å². The average molecular weight is 391 g/mol. The molecular formula is C21H21N5O3. The van der Waals surface area contributed by atoms with Crippen LogP contribution < -0.4 is 11.3 Å². The Bertz CT molecular complexity index is 1120. The van der Waals surface area contributed by atoms with E-state index >= 15 is 0 Å². The molecule has 148 valence electrons. The molecule has 1 heterocycles. The summed E-state index contributed by atoms with van der Waals surface area (Å²) in [5, 5.41) is 8.49. The summed E-state index contributed by atoms with van der Waals surface area (Å²) in [6, 6.07) is 14.2. The van der Waals surface area contributed by atoms with E-state index in [9.17, 15) is 14.4 Å². The number of primary amides is 1. The lowest BCUT2D eigenvalue weighted by Gasteiger charge is -2.23. The second-order valence-corrected chi connectivity index (χ2v) is 7.20. The first-order valence-electron chi connectivity index (χ1n) is 9.53. The number of nitrogens with two attached hydrogens (primary N) is 1. The number of carbonyl (C=O) groups excluding carboxylic acids is 2. The normalized spacial score (nSPS) is 13.4. The number of aryl methyl sites for hydroxylation is 1. The minimum atomic E-state index is -0.478. The summed E-state index contributed by atoms with van der Waals surface area (Å²) in [4.78, 5) is 38.4. The number of rotatable bonds is 7. The topological polar surface area (TPSA) is 111 Å². The highest BCUT2D eigenvalue weighted by Gasteiger charge is 2.32. The van der Waals surface area contributed by atoms with Crippen molar-refractivity contribution in [1.29, 1.82) is 0 Å². The molecule has 2 amide bonds. The Hall–Kier alpha value is -3.55. The first kappa shape index (κ1) is 18.8. The first-order chi connectivity index (χ1) is 14.0. The van der Waals surface area contributed by atoms with Gasteiger partial charge < -0.3 is 10.6 Å².